The third kappa shape index (κ3) is 2.79. The molecule has 0 spiro atoms. The lowest BCUT2D eigenvalue weighted by atomic mass is 10.1. The summed E-state index contributed by atoms with van der Waals surface area (Å²) in [6.07, 6.45) is 0. The highest BCUT2D eigenvalue weighted by molar-refractivity contribution is 7.13. The molecule has 0 atom stereocenters. The van der Waals surface area contributed by atoms with Gasteiger partial charge in [0.2, 0.25) is 5.91 Å². The van der Waals surface area contributed by atoms with Crippen LogP contribution >= 0.6 is 11.3 Å². The first-order valence-corrected chi connectivity index (χ1v) is 8.40. The van der Waals surface area contributed by atoms with Crippen LogP contribution in [0.5, 0.6) is 0 Å². The largest absolute Gasteiger partial charge is 0.324 e. The highest BCUT2D eigenvalue weighted by atomic mass is 32.1. The first kappa shape index (κ1) is 14.6. The number of aromatic nitrogens is 3. The molecule has 5 nitrogen and oxygen atoms in total. The second-order valence-corrected chi connectivity index (χ2v) is 6.25. The molecule has 0 fully saturated rings. The Morgan fingerprint density at radius 2 is 1.88 bits per heavy atom. The maximum absolute atomic E-state index is 12.4. The van der Waals surface area contributed by atoms with E-state index in [0.717, 1.165) is 27.2 Å². The Morgan fingerprint density at radius 3 is 2.75 bits per heavy atom. The minimum Gasteiger partial charge on any atom is -0.324 e. The predicted octanol–water partition coefficient (Wildman–Crippen LogP) is 3.80. The van der Waals surface area contributed by atoms with E-state index in [0.29, 0.717) is 0 Å². The molecule has 0 radical (unpaired) electrons. The van der Waals surface area contributed by atoms with Gasteiger partial charge in [0.15, 0.2) is 0 Å². The molecule has 0 aliphatic heterocycles. The molecule has 4 aromatic rings. The Balaban J connectivity index is 1.57. The van der Waals surface area contributed by atoms with E-state index in [9.17, 15) is 4.79 Å². The van der Waals surface area contributed by atoms with Crippen molar-refractivity contribution < 1.29 is 4.79 Å². The average Bonchev–Trinajstić information content (AvgIpc) is 3.26. The van der Waals surface area contributed by atoms with Crippen LogP contribution in [0.25, 0.3) is 21.5 Å². The highest BCUT2D eigenvalue weighted by Crippen LogP contribution is 2.31. The topological polar surface area (TPSA) is 59.8 Å². The van der Waals surface area contributed by atoms with E-state index in [2.05, 4.69) is 15.6 Å². The van der Waals surface area contributed by atoms with Gasteiger partial charge in [-0.25, -0.2) is 4.68 Å². The number of nitrogens with one attached hydrogen (secondary N) is 1. The molecule has 0 saturated carbocycles. The van der Waals surface area contributed by atoms with Crippen molar-refractivity contribution in [2.75, 3.05) is 5.32 Å². The molecule has 4 rings (SSSR count). The number of hydrogen-bond acceptors (Lipinski definition) is 4. The van der Waals surface area contributed by atoms with Crippen molar-refractivity contribution in [1.29, 1.82) is 0 Å². The van der Waals surface area contributed by atoms with Gasteiger partial charge >= 0.3 is 0 Å². The zero-order valence-corrected chi connectivity index (χ0v) is 13.5. The lowest BCUT2D eigenvalue weighted by Crippen LogP contribution is -2.19. The normalized spacial score (nSPS) is 10.8. The lowest BCUT2D eigenvalue weighted by Gasteiger charge is -2.10. The molecular weight excluding hydrogens is 320 g/mol. The Kier molecular flexibility index (Phi) is 3.80. The number of carbonyl (C=O) groups is 1. The monoisotopic (exact) mass is 334 g/mol. The quantitative estimate of drug-likeness (QED) is 0.617. The highest BCUT2D eigenvalue weighted by Gasteiger charge is 2.11. The molecular formula is C18H14N4OS. The molecule has 6 heteroatoms. The second-order valence-electron chi connectivity index (χ2n) is 5.31. The van der Waals surface area contributed by atoms with Crippen LogP contribution in [0, 0.1) is 0 Å². The number of thiophene rings is 1. The summed E-state index contributed by atoms with van der Waals surface area (Å²) in [5.41, 5.74) is 3.45. The van der Waals surface area contributed by atoms with Crippen molar-refractivity contribution in [2.45, 2.75) is 6.54 Å². The number of hydrogen-bond donors (Lipinski definition) is 1. The fraction of sp³-hybridized carbons (Fsp3) is 0.0556. The van der Waals surface area contributed by atoms with Crippen molar-refractivity contribution in [1.82, 2.24) is 15.0 Å². The molecule has 0 bridgehead atoms. The molecule has 118 valence electrons. The van der Waals surface area contributed by atoms with Crippen LogP contribution in [-0.4, -0.2) is 20.9 Å². The minimum absolute atomic E-state index is 0.124. The van der Waals surface area contributed by atoms with E-state index in [1.807, 2.05) is 66.0 Å². The number of nitrogens with zero attached hydrogens (tertiary/aromatic N) is 3. The fourth-order valence-corrected chi connectivity index (χ4v) is 3.36. The summed E-state index contributed by atoms with van der Waals surface area (Å²) in [5, 5.41) is 13.1. The number of carbonyl (C=O) groups excluding carboxylic acids is 1. The van der Waals surface area contributed by atoms with Crippen LogP contribution in [0.4, 0.5) is 5.69 Å². The first-order valence-electron chi connectivity index (χ1n) is 7.52. The van der Waals surface area contributed by atoms with Crippen LogP contribution in [0.1, 0.15) is 0 Å². The average molecular weight is 334 g/mol. The maximum Gasteiger partial charge on any atom is 0.246 e. The second kappa shape index (κ2) is 6.25. The van der Waals surface area contributed by atoms with E-state index >= 15 is 0 Å². The van der Waals surface area contributed by atoms with Gasteiger partial charge in [-0.05, 0) is 29.6 Å². The van der Waals surface area contributed by atoms with Gasteiger partial charge in [-0.3, -0.25) is 4.79 Å². The SMILES string of the molecule is O=C(Cn1nnc2ccccc21)Nc1ccccc1-c1cccs1. The summed E-state index contributed by atoms with van der Waals surface area (Å²) in [7, 11) is 0. The van der Waals surface area contributed by atoms with Crippen molar-refractivity contribution >= 4 is 34.0 Å². The number of para-hydroxylation sites is 2. The molecule has 0 saturated heterocycles. The van der Waals surface area contributed by atoms with Crippen LogP contribution in [0.3, 0.4) is 0 Å². The van der Waals surface area contributed by atoms with Crippen molar-refractivity contribution in [2.24, 2.45) is 0 Å². The fourth-order valence-electron chi connectivity index (χ4n) is 2.60. The molecule has 0 aliphatic carbocycles. The Hall–Kier alpha value is -2.99. The van der Waals surface area contributed by atoms with Crippen molar-refractivity contribution in [3.8, 4) is 10.4 Å². The predicted molar refractivity (Wildman–Crippen MR) is 95.9 cm³/mol. The zero-order chi connectivity index (χ0) is 16.4. The summed E-state index contributed by atoms with van der Waals surface area (Å²) in [6, 6.07) is 19.4. The van der Waals surface area contributed by atoms with Gasteiger partial charge in [0, 0.05) is 16.1 Å². The lowest BCUT2D eigenvalue weighted by molar-refractivity contribution is -0.116. The molecule has 24 heavy (non-hydrogen) atoms. The third-order valence-corrected chi connectivity index (χ3v) is 4.60. The zero-order valence-electron chi connectivity index (χ0n) is 12.7. The maximum atomic E-state index is 12.4. The molecule has 0 aliphatic rings. The number of rotatable bonds is 4. The summed E-state index contributed by atoms with van der Waals surface area (Å²) < 4.78 is 1.61. The van der Waals surface area contributed by atoms with Gasteiger partial charge in [0.25, 0.3) is 0 Å². The molecule has 1 N–H and O–H groups in total. The number of benzene rings is 2. The van der Waals surface area contributed by atoms with Crippen LogP contribution in [0.15, 0.2) is 66.0 Å². The van der Waals surface area contributed by atoms with Crippen molar-refractivity contribution in [3.63, 3.8) is 0 Å². The van der Waals surface area contributed by atoms with E-state index in [1.165, 1.54) is 0 Å². The minimum atomic E-state index is -0.130. The molecule has 2 heterocycles. The first-order chi connectivity index (χ1) is 11.8. The summed E-state index contributed by atoms with van der Waals surface area (Å²) in [6.45, 7) is 0.124. The molecule has 1 amide bonds. The number of amides is 1. The Bertz CT molecular complexity index is 991. The molecule has 0 unspecified atom stereocenters. The Labute approximate surface area is 142 Å². The Morgan fingerprint density at radius 1 is 1.04 bits per heavy atom. The molecule has 2 aromatic heterocycles. The summed E-state index contributed by atoms with van der Waals surface area (Å²) in [5.74, 6) is -0.130. The van der Waals surface area contributed by atoms with Gasteiger partial charge in [-0.2, -0.15) is 0 Å². The molecule has 2 aromatic carbocycles. The summed E-state index contributed by atoms with van der Waals surface area (Å²) >= 11 is 1.65. The van der Waals surface area contributed by atoms with Crippen LogP contribution in [-0.2, 0) is 11.3 Å². The van der Waals surface area contributed by atoms with E-state index in [4.69, 9.17) is 0 Å². The van der Waals surface area contributed by atoms with Gasteiger partial charge in [-0.15, -0.1) is 16.4 Å². The van der Waals surface area contributed by atoms with Crippen LogP contribution < -0.4 is 5.32 Å². The van der Waals surface area contributed by atoms with E-state index < -0.39 is 0 Å². The van der Waals surface area contributed by atoms with Gasteiger partial charge in [-0.1, -0.05) is 41.6 Å². The van der Waals surface area contributed by atoms with Gasteiger partial charge < -0.3 is 5.32 Å². The number of fused-ring (bicyclic) bond motifs is 1. The summed E-state index contributed by atoms with van der Waals surface area (Å²) in [4.78, 5) is 13.6. The van der Waals surface area contributed by atoms with Crippen LogP contribution in [0.2, 0.25) is 0 Å². The van der Waals surface area contributed by atoms with Gasteiger partial charge in [0.05, 0.1) is 5.52 Å². The van der Waals surface area contributed by atoms with E-state index in [-0.39, 0.29) is 12.5 Å². The number of anilines is 1. The third-order valence-electron chi connectivity index (χ3n) is 3.70. The smallest absolute Gasteiger partial charge is 0.246 e. The van der Waals surface area contributed by atoms with E-state index in [1.54, 1.807) is 16.0 Å². The van der Waals surface area contributed by atoms with Crippen molar-refractivity contribution in [3.05, 3.63) is 66.0 Å². The van der Waals surface area contributed by atoms with Gasteiger partial charge in [0.1, 0.15) is 12.1 Å². The standard InChI is InChI=1S/C18H14N4OS/c23-18(12-22-16-9-4-3-8-15(16)20-21-22)19-14-7-2-1-6-13(14)17-10-5-11-24-17/h1-11H,12H2,(H,19,23).